The van der Waals surface area contributed by atoms with Gasteiger partial charge in [-0.15, -0.1) is 0 Å². The highest BCUT2D eigenvalue weighted by molar-refractivity contribution is 7.91. The number of nitrogen functional groups attached to an aromatic ring is 1. The Balaban J connectivity index is 2.13. The van der Waals surface area contributed by atoms with Gasteiger partial charge in [0.2, 0.25) is 10.0 Å². The first-order valence-corrected chi connectivity index (χ1v) is 7.73. The fourth-order valence-corrected chi connectivity index (χ4v) is 2.97. The van der Waals surface area contributed by atoms with E-state index in [4.69, 9.17) is 10.5 Å². The van der Waals surface area contributed by atoms with E-state index < -0.39 is 15.8 Å². The van der Waals surface area contributed by atoms with E-state index in [1.165, 1.54) is 19.2 Å². The number of benzene rings is 2. The maximum Gasteiger partial charge on any atom is 0.236 e. The van der Waals surface area contributed by atoms with E-state index in [0.717, 1.165) is 6.07 Å². The van der Waals surface area contributed by atoms with Gasteiger partial charge >= 0.3 is 0 Å². The molecule has 7 heteroatoms. The van der Waals surface area contributed by atoms with Gasteiger partial charge in [-0.1, -0.05) is 12.1 Å². The Bertz CT molecular complexity index is 730. The Kier molecular flexibility index (Phi) is 4.32. The molecule has 0 unspecified atom stereocenters. The van der Waals surface area contributed by atoms with Crippen molar-refractivity contribution < 1.29 is 17.5 Å². The van der Waals surface area contributed by atoms with Crippen LogP contribution in [0.25, 0.3) is 0 Å². The van der Waals surface area contributed by atoms with E-state index in [0.29, 0.717) is 11.3 Å². The lowest BCUT2D eigenvalue weighted by atomic mass is 10.2. The first-order valence-electron chi connectivity index (χ1n) is 6.08. The van der Waals surface area contributed by atoms with Gasteiger partial charge in [-0.2, -0.15) is 0 Å². The molecule has 0 saturated heterocycles. The van der Waals surface area contributed by atoms with E-state index in [2.05, 4.69) is 4.72 Å². The van der Waals surface area contributed by atoms with Crippen LogP contribution in [0.5, 0.6) is 5.75 Å². The van der Waals surface area contributed by atoms with Crippen molar-refractivity contribution in [2.45, 2.75) is 5.75 Å². The van der Waals surface area contributed by atoms with Gasteiger partial charge in [-0.25, -0.2) is 12.8 Å². The number of halogens is 1. The molecule has 0 aliphatic carbocycles. The minimum Gasteiger partial charge on any atom is -0.494 e. The Labute approximate surface area is 122 Å². The molecule has 0 bridgehead atoms. The summed E-state index contributed by atoms with van der Waals surface area (Å²) < 4.78 is 44.7. The highest BCUT2D eigenvalue weighted by Gasteiger charge is 2.13. The zero-order chi connectivity index (χ0) is 15.5. The number of ether oxygens (including phenoxy) is 1. The molecule has 0 atom stereocenters. The molecular formula is C14H15FN2O3S. The number of hydrogen-bond acceptors (Lipinski definition) is 4. The van der Waals surface area contributed by atoms with E-state index >= 15 is 0 Å². The molecule has 0 aliphatic rings. The summed E-state index contributed by atoms with van der Waals surface area (Å²) in [6.45, 7) is 0. The lowest BCUT2D eigenvalue weighted by Crippen LogP contribution is -2.15. The van der Waals surface area contributed by atoms with Gasteiger partial charge < -0.3 is 10.5 Å². The lowest BCUT2D eigenvalue weighted by Gasteiger charge is -2.09. The molecule has 0 aliphatic heterocycles. The van der Waals surface area contributed by atoms with Crippen molar-refractivity contribution in [2.75, 3.05) is 17.6 Å². The fourth-order valence-electron chi connectivity index (χ4n) is 1.78. The van der Waals surface area contributed by atoms with Crippen LogP contribution >= 0.6 is 0 Å². The normalized spacial score (nSPS) is 11.1. The van der Waals surface area contributed by atoms with Crippen LogP contribution in [0.2, 0.25) is 0 Å². The third kappa shape index (κ3) is 4.09. The SMILES string of the molecule is COc1ccc(NS(=O)(=O)Cc2ccc(N)cc2)cc1F. The third-order valence-electron chi connectivity index (χ3n) is 2.76. The zero-order valence-corrected chi connectivity index (χ0v) is 12.2. The minimum absolute atomic E-state index is 0.0523. The molecular weight excluding hydrogens is 295 g/mol. The van der Waals surface area contributed by atoms with Crippen LogP contribution in [-0.2, 0) is 15.8 Å². The van der Waals surface area contributed by atoms with Gasteiger partial charge in [-0.3, -0.25) is 4.72 Å². The molecule has 0 saturated carbocycles. The van der Waals surface area contributed by atoms with Crippen molar-refractivity contribution in [3.63, 3.8) is 0 Å². The molecule has 0 radical (unpaired) electrons. The predicted molar refractivity (Wildman–Crippen MR) is 80.1 cm³/mol. The quantitative estimate of drug-likeness (QED) is 0.831. The smallest absolute Gasteiger partial charge is 0.236 e. The Morgan fingerprint density at radius 1 is 1.19 bits per heavy atom. The molecule has 0 fully saturated rings. The van der Waals surface area contributed by atoms with Crippen molar-refractivity contribution >= 4 is 21.4 Å². The number of methoxy groups -OCH3 is 1. The van der Waals surface area contributed by atoms with E-state index in [9.17, 15) is 12.8 Å². The average Bonchev–Trinajstić information content (AvgIpc) is 2.41. The van der Waals surface area contributed by atoms with Crippen LogP contribution in [0.3, 0.4) is 0 Å². The van der Waals surface area contributed by atoms with Gasteiger partial charge in [0.1, 0.15) is 0 Å². The van der Waals surface area contributed by atoms with Gasteiger partial charge in [0.15, 0.2) is 11.6 Å². The standard InChI is InChI=1S/C14H15FN2O3S/c1-20-14-7-6-12(8-13(14)15)17-21(18,19)9-10-2-4-11(16)5-3-10/h2-8,17H,9,16H2,1H3. The first-order chi connectivity index (χ1) is 9.89. The van der Waals surface area contributed by atoms with Crippen LogP contribution in [0.4, 0.5) is 15.8 Å². The van der Waals surface area contributed by atoms with E-state index in [1.54, 1.807) is 24.3 Å². The topological polar surface area (TPSA) is 81.4 Å². The average molecular weight is 310 g/mol. The van der Waals surface area contributed by atoms with Gasteiger partial charge in [-0.05, 0) is 29.8 Å². The Hall–Kier alpha value is -2.28. The molecule has 21 heavy (non-hydrogen) atoms. The van der Waals surface area contributed by atoms with Gasteiger partial charge in [0, 0.05) is 11.8 Å². The Morgan fingerprint density at radius 3 is 2.43 bits per heavy atom. The van der Waals surface area contributed by atoms with Crippen molar-refractivity contribution in [1.82, 2.24) is 0 Å². The minimum atomic E-state index is -3.64. The molecule has 0 heterocycles. The van der Waals surface area contributed by atoms with Crippen LogP contribution in [-0.4, -0.2) is 15.5 Å². The molecule has 112 valence electrons. The molecule has 0 amide bonds. The predicted octanol–water partition coefficient (Wildman–Crippen LogP) is 2.36. The second-order valence-corrected chi connectivity index (χ2v) is 6.17. The molecule has 2 aromatic carbocycles. The summed E-state index contributed by atoms with van der Waals surface area (Å²) in [6, 6.07) is 10.4. The van der Waals surface area contributed by atoms with Crippen molar-refractivity contribution in [3.8, 4) is 5.75 Å². The number of anilines is 2. The first kappa shape index (κ1) is 15.1. The number of rotatable bonds is 5. The van der Waals surface area contributed by atoms with E-state index in [-0.39, 0.29) is 17.2 Å². The van der Waals surface area contributed by atoms with Crippen LogP contribution < -0.4 is 15.2 Å². The fraction of sp³-hybridized carbons (Fsp3) is 0.143. The maximum atomic E-state index is 13.5. The monoisotopic (exact) mass is 310 g/mol. The summed E-state index contributed by atoms with van der Waals surface area (Å²) in [5.74, 6) is -0.803. The maximum absolute atomic E-state index is 13.5. The molecule has 5 nitrogen and oxygen atoms in total. The van der Waals surface area contributed by atoms with Crippen molar-refractivity contribution in [2.24, 2.45) is 0 Å². The lowest BCUT2D eigenvalue weighted by molar-refractivity contribution is 0.386. The zero-order valence-electron chi connectivity index (χ0n) is 11.3. The number of hydrogen-bond donors (Lipinski definition) is 2. The van der Waals surface area contributed by atoms with Crippen LogP contribution in [0, 0.1) is 5.82 Å². The second kappa shape index (κ2) is 6.01. The third-order valence-corrected chi connectivity index (χ3v) is 4.02. The molecule has 2 rings (SSSR count). The number of sulfonamides is 1. The molecule has 3 N–H and O–H groups in total. The van der Waals surface area contributed by atoms with Gasteiger partial charge in [0.25, 0.3) is 0 Å². The Morgan fingerprint density at radius 2 is 1.86 bits per heavy atom. The summed E-state index contributed by atoms with van der Waals surface area (Å²) in [4.78, 5) is 0. The highest BCUT2D eigenvalue weighted by Crippen LogP contribution is 2.22. The summed E-state index contributed by atoms with van der Waals surface area (Å²) in [5, 5.41) is 0. The van der Waals surface area contributed by atoms with Crippen LogP contribution in [0.1, 0.15) is 5.56 Å². The molecule has 2 aromatic rings. The number of nitrogens with two attached hydrogens (primary N) is 1. The van der Waals surface area contributed by atoms with Crippen molar-refractivity contribution in [1.29, 1.82) is 0 Å². The summed E-state index contributed by atoms with van der Waals surface area (Å²) in [5.41, 5.74) is 6.83. The largest absolute Gasteiger partial charge is 0.494 e. The summed E-state index contributed by atoms with van der Waals surface area (Å²) in [6.07, 6.45) is 0. The highest BCUT2D eigenvalue weighted by atomic mass is 32.2. The van der Waals surface area contributed by atoms with Crippen molar-refractivity contribution in [3.05, 3.63) is 53.8 Å². The second-order valence-electron chi connectivity index (χ2n) is 4.45. The molecule has 0 spiro atoms. The molecule has 0 aromatic heterocycles. The summed E-state index contributed by atoms with van der Waals surface area (Å²) in [7, 11) is -2.30. The van der Waals surface area contributed by atoms with E-state index in [1.807, 2.05) is 0 Å². The summed E-state index contributed by atoms with van der Waals surface area (Å²) >= 11 is 0. The number of nitrogens with one attached hydrogen (secondary N) is 1. The van der Waals surface area contributed by atoms with Crippen LogP contribution in [0.15, 0.2) is 42.5 Å². The van der Waals surface area contributed by atoms with Gasteiger partial charge in [0.05, 0.1) is 18.6 Å².